The smallest absolute Gasteiger partial charge is 0.337 e. The van der Waals surface area contributed by atoms with Crippen LogP contribution in [-0.4, -0.2) is 25.5 Å². The van der Waals surface area contributed by atoms with Gasteiger partial charge in [-0.15, -0.1) is 0 Å². The van der Waals surface area contributed by atoms with Crippen LogP contribution in [0.15, 0.2) is 42.5 Å². The van der Waals surface area contributed by atoms with Crippen LogP contribution in [0.2, 0.25) is 0 Å². The standard InChI is InChI=1S/C18H20N2O3/c1-12-4-7-16(10-13(12)2)20-17(21)11-19-15-8-5-14(6-9-15)18(22)23-3/h4-10,19H,11H2,1-3H3,(H,20,21). The van der Waals surface area contributed by atoms with E-state index in [2.05, 4.69) is 15.4 Å². The summed E-state index contributed by atoms with van der Waals surface area (Å²) in [5.74, 6) is -0.519. The molecular weight excluding hydrogens is 292 g/mol. The third-order valence-electron chi connectivity index (χ3n) is 3.55. The molecule has 2 aromatic rings. The molecule has 1 amide bonds. The topological polar surface area (TPSA) is 67.4 Å². The summed E-state index contributed by atoms with van der Waals surface area (Å²) in [5.41, 5.74) is 4.33. The van der Waals surface area contributed by atoms with Crippen molar-refractivity contribution in [2.75, 3.05) is 24.3 Å². The van der Waals surface area contributed by atoms with Crippen molar-refractivity contribution in [3.05, 3.63) is 59.2 Å². The molecule has 0 aliphatic heterocycles. The summed E-state index contributed by atoms with van der Waals surface area (Å²) in [6.07, 6.45) is 0. The average molecular weight is 312 g/mol. The lowest BCUT2D eigenvalue weighted by Crippen LogP contribution is -2.21. The first-order chi connectivity index (χ1) is 11.0. The average Bonchev–Trinajstić information content (AvgIpc) is 2.56. The van der Waals surface area contributed by atoms with Crippen LogP contribution >= 0.6 is 0 Å². The van der Waals surface area contributed by atoms with E-state index in [1.807, 2.05) is 32.0 Å². The maximum Gasteiger partial charge on any atom is 0.337 e. The van der Waals surface area contributed by atoms with Gasteiger partial charge in [-0.25, -0.2) is 4.79 Å². The fourth-order valence-corrected chi connectivity index (χ4v) is 2.05. The summed E-state index contributed by atoms with van der Waals surface area (Å²) in [5, 5.41) is 5.85. The predicted molar refractivity (Wildman–Crippen MR) is 90.8 cm³/mol. The first-order valence-corrected chi connectivity index (χ1v) is 7.29. The molecular formula is C18H20N2O3. The minimum atomic E-state index is -0.385. The Morgan fingerprint density at radius 1 is 0.957 bits per heavy atom. The Labute approximate surface area is 135 Å². The molecule has 0 saturated carbocycles. The van der Waals surface area contributed by atoms with Gasteiger partial charge < -0.3 is 15.4 Å². The van der Waals surface area contributed by atoms with Gasteiger partial charge in [-0.3, -0.25) is 4.79 Å². The predicted octanol–water partition coefficient (Wildman–Crippen LogP) is 3.14. The minimum absolute atomic E-state index is 0.134. The van der Waals surface area contributed by atoms with Gasteiger partial charge in [0.15, 0.2) is 0 Å². The number of benzene rings is 2. The monoisotopic (exact) mass is 312 g/mol. The normalized spacial score (nSPS) is 10.0. The number of esters is 1. The zero-order valence-electron chi connectivity index (χ0n) is 13.5. The lowest BCUT2D eigenvalue weighted by Gasteiger charge is -2.09. The zero-order valence-corrected chi connectivity index (χ0v) is 13.5. The maximum atomic E-state index is 12.0. The fourth-order valence-electron chi connectivity index (χ4n) is 2.05. The lowest BCUT2D eigenvalue weighted by molar-refractivity contribution is -0.114. The Kier molecular flexibility index (Phi) is 5.36. The highest BCUT2D eigenvalue weighted by Gasteiger charge is 2.06. The van der Waals surface area contributed by atoms with Gasteiger partial charge in [-0.05, 0) is 61.4 Å². The molecule has 0 saturated heterocycles. The third-order valence-corrected chi connectivity index (χ3v) is 3.55. The molecule has 0 fully saturated rings. The second kappa shape index (κ2) is 7.45. The highest BCUT2D eigenvalue weighted by Crippen LogP contribution is 2.14. The maximum absolute atomic E-state index is 12.0. The molecule has 5 heteroatoms. The molecule has 5 nitrogen and oxygen atoms in total. The largest absolute Gasteiger partial charge is 0.465 e. The van der Waals surface area contributed by atoms with Crippen molar-refractivity contribution in [2.45, 2.75) is 13.8 Å². The van der Waals surface area contributed by atoms with Crippen molar-refractivity contribution in [1.29, 1.82) is 0 Å². The van der Waals surface area contributed by atoms with E-state index in [1.165, 1.54) is 12.7 Å². The van der Waals surface area contributed by atoms with Gasteiger partial charge in [-0.1, -0.05) is 6.07 Å². The van der Waals surface area contributed by atoms with Crippen molar-refractivity contribution < 1.29 is 14.3 Å². The Bertz CT molecular complexity index is 709. The molecule has 0 spiro atoms. The molecule has 0 unspecified atom stereocenters. The van der Waals surface area contributed by atoms with E-state index in [-0.39, 0.29) is 18.4 Å². The molecule has 0 atom stereocenters. The van der Waals surface area contributed by atoms with E-state index in [9.17, 15) is 9.59 Å². The Balaban J connectivity index is 1.88. The van der Waals surface area contributed by atoms with Crippen molar-refractivity contribution in [3.8, 4) is 0 Å². The van der Waals surface area contributed by atoms with Gasteiger partial charge in [0.1, 0.15) is 0 Å². The van der Waals surface area contributed by atoms with Crippen LogP contribution < -0.4 is 10.6 Å². The quantitative estimate of drug-likeness (QED) is 0.832. The van der Waals surface area contributed by atoms with E-state index in [0.717, 1.165) is 16.9 Å². The number of hydrogen-bond acceptors (Lipinski definition) is 4. The number of nitrogens with one attached hydrogen (secondary N) is 2. The van der Waals surface area contributed by atoms with E-state index in [1.54, 1.807) is 24.3 Å². The van der Waals surface area contributed by atoms with Crippen molar-refractivity contribution in [2.24, 2.45) is 0 Å². The van der Waals surface area contributed by atoms with Crippen LogP contribution in [0.25, 0.3) is 0 Å². The number of aryl methyl sites for hydroxylation is 2. The van der Waals surface area contributed by atoms with Crippen LogP contribution in [0, 0.1) is 13.8 Å². The molecule has 23 heavy (non-hydrogen) atoms. The number of ether oxygens (including phenoxy) is 1. The molecule has 0 aromatic heterocycles. The van der Waals surface area contributed by atoms with Crippen LogP contribution in [-0.2, 0) is 9.53 Å². The number of rotatable bonds is 5. The summed E-state index contributed by atoms with van der Waals surface area (Å²) in [4.78, 5) is 23.3. The molecule has 120 valence electrons. The van der Waals surface area contributed by atoms with Crippen molar-refractivity contribution in [3.63, 3.8) is 0 Å². The lowest BCUT2D eigenvalue weighted by atomic mass is 10.1. The molecule has 0 aliphatic carbocycles. The summed E-state index contributed by atoms with van der Waals surface area (Å²) in [6.45, 7) is 4.18. The number of carbonyl (C=O) groups excluding carboxylic acids is 2. The van der Waals surface area contributed by atoms with E-state index < -0.39 is 0 Å². The van der Waals surface area contributed by atoms with E-state index >= 15 is 0 Å². The second-order valence-corrected chi connectivity index (χ2v) is 5.27. The first-order valence-electron chi connectivity index (χ1n) is 7.29. The SMILES string of the molecule is COC(=O)c1ccc(NCC(=O)Nc2ccc(C)c(C)c2)cc1. The van der Waals surface area contributed by atoms with Crippen LogP contribution in [0.3, 0.4) is 0 Å². The van der Waals surface area contributed by atoms with Gasteiger partial charge in [0.05, 0.1) is 19.2 Å². The Hall–Kier alpha value is -2.82. The minimum Gasteiger partial charge on any atom is -0.465 e. The van der Waals surface area contributed by atoms with Gasteiger partial charge in [0.2, 0.25) is 5.91 Å². The molecule has 0 bridgehead atoms. The fraction of sp³-hybridized carbons (Fsp3) is 0.222. The summed E-state index contributed by atoms with van der Waals surface area (Å²) < 4.78 is 4.64. The molecule has 0 heterocycles. The highest BCUT2D eigenvalue weighted by molar-refractivity contribution is 5.94. The molecule has 0 aliphatic rings. The van der Waals surface area contributed by atoms with Crippen LogP contribution in [0.4, 0.5) is 11.4 Å². The second-order valence-electron chi connectivity index (χ2n) is 5.27. The molecule has 2 rings (SSSR count). The van der Waals surface area contributed by atoms with Gasteiger partial charge >= 0.3 is 5.97 Å². The summed E-state index contributed by atoms with van der Waals surface area (Å²) in [6, 6.07) is 12.6. The Morgan fingerprint density at radius 3 is 2.22 bits per heavy atom. The number of carbonyl (C=O) groups is 2. The summed E-state index contributed by atoms with van der Waals surface area (Å²) in [7, 11) is 1.34. The van der Waals surface area contributed by atoms with Gasteiger partial charge in [0.25, 0.3) is 0 Å². The van der Waals surface area contributed by atoms with E-state index in [4.69, 9.17) is 0 Å². The van der Waals surface area contributed by atoms with Crippen LogP contribution in [0.1, 0.15) is 21.5 Å². The first kappa shape index (κ1) is 16.5. The molecule has 0 radical (unpaired) electrons. The van der Waals surface area contributed by atoms with E-state index in [0.29, 0.717) is 5.56 Å². The van der Waals surface area contributed by atoms with Crippen LogP contribution in [0.5, 0.6) is 0 Å². The van der Waals surface area contributed by atoms with Crippen molar-refractivity contribution >= 4 is 23.3 Å². The van der Waals surface area contributed by atoms with Gasteiger partial charge in [0, 0.05) is 11.4 Å². The summed E-state index contributed by atoms with van der Waals surface area (Å²) >= 11 is 0. The Morgan fingerprint density at radius 2 is 1.61 bits per heavy atom. The zero-order chi connectivity index (χ0) is 16.8. The third kappa shape index (κ3) is 4.57. The molecule has 2 N–H and O–H groups in total. The number of amides is 1. The van der Waals surface area contributed by atoms with Gasteiger partial charge in [-0.2, -0.15) is 0 Å². The number of hydrogen-bond donors (Lipinski definition) is 2. The molecule has 2 aromatic carbocycles. The number of methoxy groups -OCH3 is 1. The number of anilines is 2. The highest BCUT2D eigenvalue weighted by atomic mass is 16.5. The van der Waals surface area contributed by atoms with Crippen molar-refractivity contribution in [1.82, 2.24) is 0 Å².